The molecule has 3 rings (SSSR count). The van der Waals surface area contributed by atoms with Gasteiger partial charge in [0.1, 0.15) is 5.82 Å². The van der Waals surface area contributed by atoms with Crippen molar-refractivity contribution in [2.45, 2.75) is 37.1 Å². The fourth-order valence-corrected chi connectivity index (χ4v) is 3.52. The highest BCUT2D eigenvalue weighted by atomic mass is 32.2. The molecule has 8 nitrogen and oxygen atoms in total. The van der Waals surface area contributed by atoms with Crippen LogP contribution in [0.2, 0.25) is 0 Å². The van der Waals surface area contributed by atoms with Gasteiger partial charge in [-0.15, -0.1) is 0 Å². The summed E-state index contributed by atoms with van der Waals surface area (Å²) in [5.41, 5.74) is 7.51. The first-order valence-corrected chi connectivity index (χ1v) is 10.2. The zero-order chi connectivity index (χ0) is 18.7. The SMILES string of the molecule is CCCc1cc(N2CCC(N)C2)nc(Nc2cccc(S(N)(=O)=O)c2)n1. The quantitative estimate of drug-likeness (QED) is 0.694. The van der Waals surface area contributed by atoms with E-state index in [-0.39, 0.29) is 10.9 Å². The van der Waals surface area contributed by atoms with Crippen LogP contribution < -0.4 is 21.1 Å². The molecular weight excluding hydrogens is 352 g/mol. The Hall–Kier alpha value is -2.23. The van der Waals surface area contributed by atoms with E-state index in [2.05, 4.69) is 27.1 Å². The van der Waals surface area contributed by atoms with Crippen molar-refractivity contribution in [1.29, 1.82) is 0 Å². The van der Waals surface area contributed by atoms with Gasteiger partial charge in [0.05, 0.1) is 4.90 Å². The van der Waals surface area contributed by atoms with E-state index in [0.717, 1.165) is 43.9 Å². The molecular formula is C17H24N6O2S. The summed E-state index contributed by atoms with van der Waals surface area (Å²) in [7, 11) is -3.76. The molecule has 0 bridgehead atoms. The predicted octanol–water partition coefficient (Wildman–Crippen LogP) is 1.36. The number of hydrogen-bond acceptors (Lipinski definition) is 7. The van der Waals surface area contributed by atoms with Crippen LogP contribution in [0, 0.1) is 0 Å². The molecule has 0 radical (unpaired) electrons. The highest BCUT2D eigenvalue weighted by Gasteiger charge is 2.21. The number of aryl methyl sites for hydroxylation is 1. The van der Waals surface area contributed by atoms with Crippen LogP contribution in [0.5, 0.6) is 0 Å². The van der Waals surface area contributed by atoms with Crippen LogP contribution in [0.25, 0.3) is 0 Å². The normalized spacial score (nSPS) is 17.5. The van der Waals surface area contributed by atoms with Crippen molar-refractivity contribution >= 4 is 27.5 Å². The number of sulfonamides is 1. The molecule has 1 aromatic carbocycles. The third-order valence-electron chi connectivity index (χ3n) is 4.24. The molecule has 2 heterocycles. The molecule has 0 spiro atoms. The van der Waals surface area contributed by atoms with Crippen molar-refractivity contribution in [2.24, 2.45) is 10.9 Å². The first kappa shape index (κ1) is 18.6. The molecule has 1 aliphatic rings. The number of hydrogen-bond donors (Lipinski definition) is 3. The summed E-state index contributed by atoms with van der Waals surface area (Å²) in [6.45, 7) is 3.73. The predicted molar refractivity (Wildman–Crippen MR) is 102 cm³/mol. The monoisotopic (exact) mass is 376 g/mol. The van der Waals surface area contributed by atoms with Gasteiger partial charge in [0.15, 0.2) is 0 Å². The maximum absolute atomic E-state index is 11.5. The standard InChI is InChI=1S/C17H24N6O2S/c1-2-4-13-10-16(23-8-7-12(18)11-23)22-17(20-13)21-14-5-3-6-15(9-14)26(19,24)25/h3,5-6,9-10,12H,2,4,7-8,11,18H2,1H3,(H2,19,24,25)(H,20,21,22). The Balaban J connectivity index is 1.90. The first-order valence-electron chi connectivity index (χ1n) is 8.63. The highest BCUT2D eigenvalue weighted by molar-refractivity contribution is 7.89. The second-order valence-electron chi connectivity index (χ2n) is 6.48. The van der Waals surface area contributed by atoms with Gasteiger partial charge in [-0.25, -0.2) is 18.5 Å². The van der Waals surface area contributed by atoms with E-state index >= 15 is 0 Å². The lowest BCUT2D eigenvalue weighted by molar-refractivity contribution is 0.598. The molecule has 140 valence electrons. The first-order chi connectivity index (χ1) is 12.3. The minimum absolute atomic E-state index is 0.0398. The number of anilines is 3. The summed E-state index contributed by atoms with van der Waals surface area (Å²) in [5.74, 6) is 1.26. The van der Waals surface area contributed by atoms with Crippen LogP contribution >= 0.6 is 0 Å². The van der Waals surface area contributed by atoms with E-state index in [1.54, 1.807) is 12.1 Å². The van der Waals surface area contributed by atoms with E-state index in [1.807, 2.05) is 6.07 Å². The second-order valence-corrected chi connectivity index (χ2v) is 8.05. The van der Waals surface area contributed by atoms with Gasteiger partial charge in [0.2, 0.25) is 16.0 Å². The third-order valence-corrected chi connectivity index (χ3v) is 5.15. The number of nitrogens with one attached hydrogen (secondary N) is 1. The minimum atomic E-state index is -3.76. The molecule has 2 aromatic rings. The number of rotatable bonds is 6. The zero-order valence-corrected chi connectivity index (χ0v) is 15.5. The van der Waals surface area contributed by atoms with Crippen molar-refractivity contribution in [3.63, 3.8) is 0 Å². The Morgan fingerprint density at radius 1 is 1.31 bits per heavy atom. The molecule has 1 atom stereocenters. The number of nitrogens with two attached hydrogens (primary N) is 2. The Labute approximate surface area is 153 Å². The van der Waals surface area contributed by atoms with Gasteiger partial charge in [-0.2, -0.15) is 4.98 Å². The molecule has 0 amide bonds. The average Bonchev–Trinajstić information content (AvgIpc) is 3.01. The van der Waals surface area contributed by atoms with E-state index < -0.39 is 10.0 Å². The van der Waals surface area contributed by atoms with Gasteiger partial charge < -0.3 is 16.0 Å². The molecule has 5 N–H and O–H groups in total. The fourth-order valence-electron chi connectivity index (χ4n) is 2.96. The van der Waals surface area contributed by atoms with Crippen molar-refractivity contribution in [2.75, 3.05) is 23.3 Å². The summed E-state index contributed by atoms with van der Waals surface area (Å²) in [6.07, 6.45) is 2.74. The van der Waals surface area contributed by atoms with Gasteiger partial charge in [-0.3, -0.25) is 0 Å². The van der Waals surface area contributed by atoms with E-state index in [0.29, 0.717) is 11.6 Å². The van der Waals surface area contributed by atoms with Crippen LogP contribution in [-0.2, 0) is 16.4 Å². The number of primary sulfonamides is 1. The van der Waals surface area contributed by atoms with Crippen molar-refractivity contribution < 1.29 is 8.42 Å². The van der Waals surface area contributed by atoms with E-state index in [4.69, 9.17) is 10.9 Å². The molecule has 9 heteroatoms. The van der Waals surface area contributed by atoms with Crippen LogP contribution in [0.15, 0.2) is 35.2 Å². The second kappa shape index (κ2) is 7.56. The van der Waals surface area contributed by atoms with Crippen LogP contribution in [0.1, 0.15) is 25.5 Å². The maximum Gasteiger partial charge on any atom is 0.238 e. The lowest BCUT2D eigenvalue weighted by Crippen LogP contribution is -2.27. The van der Waals surface area contributed by atoms with Gasteiger partial charge in [0, 0.05) is 36.6 Å². The summed E-state index contributed by atoms with van der Waals surface area (Å²) >= 11 is 0. The number of benzene rings is 1. The Morgan fingerprint density at radius 2 is 2.12 bits per heavy atom. The zero-order valence-electron chi connectivity index (χ0n) is 14.7. The highest BCUT2D eigenvalue weighted by Crippen LogP contribution is 2.23. The van der Waals surface area contributed by atoms with Crippen LogP contribution in [-0.4, -0.2) is 37.5 Å². The summed E-state index contributed by atoms with van der Waals surface area (Å²) in [4.78, 5) is 11.3. The van der Waals surface area contributed by atoms with Crippen molar-refractivity contribution in [3.8, 4) is 0 Å². The molecule has 1 aromatic heterocycles. The smallest absolute Gasteiger partial charge is 0.238 e. The van der Waals surface area contributed by atoms with Crippen LogP contribution in [0.3, 0.4) is 0 Å². The minimum Gasteiger partial charge on any atom is -0.355 e. The molecule has 1 aliphatic heterocycles. The largest absolute Gasteiger partial charge is 0.355 e. The Bertz CT molecular complexity index is 887. The van der Waals surface area contributed by atoms with Crippen molar-refractivity contribution in [3.05, 3.63) is 36.0 Å². The molecule has 1 unspecified atom stereocenters. The molecule has 26 heavy (non-hydrogen) atoms. The lowest BCUT2D eigenvalue weighted by Gasteiger charge is -2.19. The Kier molecular flexibility index (Phi) is 5.40. The summed E-state index contributed by atoms with van der Waals surface area (Å²) in [5, 5.41) is 8.29. The van der Waals surface area contributed by atoms with Crippen molar-refractivity contribution in [1.82, 2.24) is 9.97 Å². The van der Waals surface area contributed by atoms with E-state index in [1.165, 1.54) is 12.1 Å². The summed E-state index contributed by atoms with van der Waals surface area (Å²) < 4.78 is 23.1. The Morgan fingerprint density at radius 3 is 2.77 bits per heavy atom. The van der Waals surface area contributed by atoms with Crippen LogP contribution in [0.4, 0.5) is 17.5 Å². The van der Waals surface area contributed by atoms with Gasteiger partial charge in [0.25, 0.3) is 0 Å². The number of aromatic nitrogens is 2. The third kappa shape index (κ3) is 4.48. The van der Waals surface area contributed by atoms with Gasteiger partial charge in [-0.05, 0) is 31.0 Å². The lowest BCUT2D eigenvalue weighted by atomic mass is 10.2. The topological polar surface area (TPSA) is 127 Å². The molecule has 1 saturated heterocycles. The van der Waals surface area contributed by atoms with Gasteiger partial charge in [-0.1, -0.05) is 19.4 Å². The molecule has 0 aliphatic carbocycles. The average molecular weight is 376 g/mol. The molecule has 0 saturated carbocycles. The fraction of sp³-hybridized carbons (Fsp3) is 0.412. The maximum atomic E-state index is 11.5. The van der Waals surface area contributed by atoms with E-state index in [9.17, 15) is 8.42 Å². The molecule has 1 fully saturated rings. The summed E-state index contributed by atoms with van der Waals surface area (Å²) in [6, 6.07) is 8.44. The number of nitrogens with zero attached hydrogens (tertiary/aromatic N) is 3. The van der Waals surface area contributed by atoms with Gasteiger partial charge >= 0.3 is 0 Å².